The van der Waals surface area contributed by atoms with Crippen molar-refractivity contribution in [3.05, 3.63) is 11.6 Å². The van der Waals surface area contributed by atoms with Gasteiger partial charge in [-0.1, -0.05) is 39.0 Å². The Balaban J connectivity index is 1.54. The molecule has 0 saturated heterocycles. The minimum absolute atomic E-state index is 0.301. The molecule has 1 aromatic rings. The number of aryl methyl sites for hydroxylation is 1. The fourth-order valence-electron chi connectivity index (χ4n) is 3.52. The zero-order valence-electron chi connectivity index (χ0n) is 18.6. The van der Waals surface area contributed by atoms with Crippen LogP contribution in [0.2, 0.25) is 0 Å². The van der Waals surface area contributed by atoms with Gasteiger partial charge in [0.1, 0.15) is 12.4 Å². The molecule has 2 N–H and O–H groups in total. The number of aromatic nitrogens is 3. The van der Waals surface area contributed by atoms with Gasteiger partial charge in [0, 0.05) is 46.4 Å². The van der Waals surface area contributed by atoms with Crippen LogP contribution in [-0.4, -0.2) is 60.7 Å². The van der Waals surface area contributed by atoms with Crippen LogP contribution in [0.3, 0.4) is 0 Å². The van der Waals surface area contributed by atoms with Crippen molar-refractivity contribution < 1.29 is 9.47 Å². The maximum atomic E-state index is 5.74. The number of nitrogens with zero attached hydrogens (tertiary/aromatic N) is 4. The molecule has 1 unspecified atom stereocenters. The SMILES string of the molecule is CCCCCCCCOCCCNC(=NC)NC1CCc2nc(COC)nn2C1. The summed E-state index contributed by atoms with van der Waals surface area (Å²) in [4.78, 5) is 8.87. The normalized spacial score (nSPS) is 16.7. The van der Waals surface area contributed by atoms with Crippen molar-refractivity contribution in [1.29, 1.82) is 0 Å². The van der Waals surface area contributed by atoms with Crippen LogP contribution in [0.25, 0.3) is 0 Å². The van der Waals surface area contributed by atoms with Gasteiger partial charge in [0.2, 0.25) is 0 Å². The van der Waals surface area contributed by atoms with E-state index < -0.39 is 0 Å². The first-order valence-corrected chi connectivity index (χ1v) is 11.2. The maximum Gasteiger partial charge on any atom is 0.191 e. The molecule has 0 amide bonds. The number of hydrogen-bond donors (Lipinski definition) is 2. The molecular weight excluding hydrogens is 368 g/mol. The summed E-state index contributed by atoms with van der Waals surface area (Å²) in [7, 11) is 3.48. The molecule has 29 heavy (non-hydrogen) atoms. The topological polar surface area (TPSA) is 85.6 Å². The molecule has 0 saturated carbocycles. The van der Waals surface area contributed by atoms with E-state index in [2.05, 4.69) is 32.6 Å². The van der Waals surface area contributed by atoms with Crippen LogP contribution in [0.1, 0.15) is 69.9 Å². The van der Waals surface area contributed by atoms with Gasteiger partial charge < -0.3 is 20.1 Å². The predicted octanol–water partition coefficient (Wildman–Crippen LogP) is 2.67. The quantitative estimate of drug-likeness (QED) is 0.280. The molecule has 1 aliphatic rings. The number of unbranched alkanes of at least 4 members (excludes halogenated alkanes) is 5. The van der Waals surface area contributed by atoms with Crippen molar-refractivity contribution in [2.75, 3.05) is 33.9 Å². The third-order valence-electron chi connectivity index (χ3n) is 5.14. The Morgan fingerprint density at radius 3 is 2.76 bits per heavy atom. The number of hydrogen-bond acceptors (Lipinski definition) is 5. The fourth-order valence-corrected chi connectivity index (χ4v) is 3.52. The van der Waals surface area contributed by atoms with Gasteiger partial charge in [-0.05, 0) is 19.3 Å². The number of ether oxygens (including phenoxy) is 2. The van der Waals surface area contributed by atoms with Gasteiger partial charge in [-0.3, -0.25) is 4.99 Å². The Bertz CT molecular complexity index is 590. The molecule has 0 aromatic carbocycles. The van der Waals surface area contributed by atoms with Crippen LogP contribution in [0.15, 0.2) is 4.99 Å². The van der Waals surface area contributed by atoms with E-state index in [1.807, 2.05) is 11.7 Å². The first-order valence-electron chi connectivity index (χ1n) is 11.2. The number of aliphatic imine (C=N–C) groups is 1. The number of nitrogens with one attached hydrogen (secondary N) is 2. The highest BCUT2D eigenvalue weighted by Gasteiger charge is 2.22. The van der Waals surface area contributed by atoms with E-state index >= 15 is 0 Å². The highest BCUT2D eigenvalue weighted by atomic mass is 16.5. The fraction of sp³-hybridized carbons (Fsp3) is 0.857. The second kappa shape index (κ2) is 14.3. The number of rotatable bonds is 14. The van der Waals surface area contributed by atoms with Crippen LogP contribution >= 0.6 is 0 Å². The molecule has 0 fully saturated rings. The Labute approximate surface area is 175 Å². The Hall–Kier alpha value is -1.67. The zero-order chi connectivity index (χ0) is 20.7. The van der Waals surface area contributed by atoms with Crippen LogP contribution in [0, 0.1) is 0 Å². The standard InChI is InChI=1S/C21H40N6O2/c1-4-5-6-7-8-9-14-29-15-10-13-23-21(22-2)24-18-11-12-20-25-19(17-28-3)26-27(20)16-18/h18H,4-17H2,1-3H3,(H2,22,23,24). The largest absolute Gasteiger partial charge is 0.381 e. The molecule has 2 heterocycles. The Kier molecular flexibility index (Phi) is 11.7. The van der Waals surface area contributed by atoms with Gasteiger partial charge in [-0.15, -0.1) is 0 Å². The summed E-state index contributed by atoms with van der Waals surface area (Å²) in [6.45, 7) is 6.05. The molecule has 8 heteroatoms. The molecule has 2 rings (SSSR count). The van der Waals surface area contributed by atoms with E-state index in [-0.39, 0.29) is 0 Å². The van der Waals surface area contributed by atoms with Crippen LogP contribution in [0.5, 0.6) is 0 Å². The van der Waals surface area contributed by atoms with E-state index in [1.165, 1.54) is 38.5 Å². The van der Waals surface area contributed by atoms with Gasteiger partial charge >= 0.3 is 0 Å². The first kappa shape index (κ1) is 23.6. The predicted molar refractivity (Wildman–Crippen MR) is 116 cm³/mol. The van der Waals surface area contributed by atoms with E-state index in [9.17, 15) is 0 Å². The lowest BCUT2D eigenvalue weighted by Crippen LogP contribution is -2.47. The average molecular weight is 409 g/mol. The second-order valence-corrected chi connectivity index (χ2v) is 7.67. The van der Waals surface area contributed by atoms with E-state index in [0.29, 0.717) is 12.6 Å². The Morgan fingerprint density at radius 1 is 1.17 bits per heavy atom. The molecule has 166 valence electrons. The number of methoxy groups -OCH3 is 1. The summed E-state index contributed by atoms with van der Waals surface area (Å²) >= 11 is 0. The smallest absolute Gasteiger partial charge is 0.191 e. The van der Waals surface area contributed by atoms with Gasteiger partial charge in [-0.2, -0.15) is 5.10 Å². The second-order valence-electron chi connectivity index (χ2n) is 7.67. The molecule has 1 aliphatic heterocycles. The molecule has 0 spiro atoms. The van der Waals surface area contributed by atoms with Crippen LogP contribution in [0.4, 0.5) is 0 Å². The third-order valence-corrected chi connectivity index (χ3v) is 5.14. The van der Waals surface area contributed by atoms with Crippen molar-refractivity contribution in [2.24, 2.45) is 4.99 Å². The van der Waals surface area contributed by atoms with Gasteiger partial charge in [0.25, 0.3) is 0 Å². The first-order chi connectivity index (χ1) is 14.3. The molecule has 1 aromatic heterocycles. The molecule has 0 bridgehead atoms. The molecule has 0 radical (unpaired) electrons. The van der Waals surface area contributed by atoms with Crippen molar-refractivity contribution in [3.63, 3.8) is 0 Å². The molecular formula is C21H40N6O2. The van der Waals surface area contributed by atoms with Crippen LogP contribution in [-0.2, 0) is 29.0 Å². The highest BCUT2D eigenvalue weighted by Crippen LogP contribution is 2.13. The lowest BCUT2D eigenvalue weighted by molar-refractivity contribution is 0.128. The molecule has 8 nitrogen and oxygen atoms in total. The number of guanidine groups is 1. The molecule has 0 aliphatic carbocycles. The van der Waals surface area contributed by atoms with E-state index in [1.54, 1.807) is 7.11 Å². The Morgan fingerprint density at radius 2 is 1.97 bits per heavy atom. The van der Waals surface area contributed by atoms with Crippen molar-refractivity contribution >= 4 is 5.96 Å². The lowest BCUT2D eigenvalue weighted by atomic mass is 10.1. The van der Waals surface area contributed by atoms with E-state index in [0.717, 1.165) is 63.2 Å². The van der Waals surface area contributed by atoms with E-state index in [4.69, 9.17) is 9.47 Å². The number of fused-ring (bicyclic) bond motifs is 1. The minimum atomic E-state index is 0.301. The summed E-state index contributed by atoms with van der Waals surface area (Å²) < 4.78 is 12.8. The molecule has 1 atom stereocenters. The summed E-state index contributed by atoms with van der Waals surface area (Å²) in [6.07, 6.45) is 10.7. The average Bonchev–Trinajstić information content (AvgIpc) is 3.13. The van der Waals surface area contributed by atoms with Crippen molar-refractivity contribution in [1.82, 2.24) is 25.4 Å². The maximum absolute atomic E-state index is 5.74. The third kappa shape index (κ3) is 9.12. The summed E-state index contributed by atoms with van der Waals surface area (Å²) in [5, 5.41) is 11.4. The van der Waals surface area contributed by atoms with Crippen molar-refractivity contribution in [2.45, 2.75) is 83.9 Å². The lowest BCUT2D eigenvalue weighted by Gasteiger charge is -2.25. The van der Waals surface area contributed by atoms with Gasteiger partial charge in [0.15, 0.2) is 11.8 Å². The minimum Gasteiger partial charge on any atom is -0.381 e. The summed E-state index contributed by atoms with van der Waals surface area (Å²) in [5.41, 5.74) is 0. The van der Waals surface area contributed by atoms with Gasteiger partial charge in [-0.25, -0.2) is 9.67 Å². The monoisotopic (exact) mass is 408 g/mol. The van der Waals surface area contributed by atoms with Crippen molar-refractivity contribution in [3.8, 4) is 0 Å². The highest BCUT2D eigenvalue weighted by molar-refractivity contribution is 5.79. The zero-order valence-corrected chi connectivity index (χ0v) is 18.6. The summed E-state index contributed by atoms with van der Waals surface area (Å²) in [5.74, 6) is 2.64. The van der Waals surface area contributed by atoms with Gasteiger partial charge in [0.05, 0.1) is 6.54 Å². The van der Waals surface area contributed by atoms with Crippen LogP contribution < -0.4 is 10.6 Å². The summed E-state index contributed by atoms with van der Waals surface area (Å²) in [6, 6.07) is 0.301.